The highest BCUT2D eigenvalue weighted by Crippen LogP contribution is 2.44. The van der Waals surface area contributed by atoms with E-state index in [-0.39, 0.29) is 34.2 Å². The second-order valence-electron chi connectivity index (χ2n) is 9.91. The summed E-state index contributed by atoms with van der Waals surface area (Å²) < 4.78 is 33.3. The second kappa shape index (κ2) is 9.97. The van der Waals surface area contributed by atoms with Crippen LogP contribution in [0.1, 0.15) is 55.1 Å². The minimum absolute atomic E-state index is 0.0603. The highest BCUT2D eigenvalue weighted by Gasteiger charge is 2.42. The molecule has 1 unspecified atom stereocenters. The van der Waals surface area contributed by atoms with Crippen molar-refractivity contribution in [2.24, 2.45) is 0 Å². The van der Waals surface area contributed by atoms with Gasteiger partial charge in [0.15, 0.2) is 5.82 Å². The average molecular weight is 536 g/mol. The Labute approximate surface area is 221 Å². The number of carbonyl (C=O) groups excluding carboxylic acids is 1. The Morgan fingerprint density at radius 1 is 1.11 bits per heavy atom. The van der Waals surface area contributed by atoms with Gasteiger partial charge >= 0.3 is 0 Å². The van der Waals surface area contributed by atoms with Gasteiger partial charge in [-0.05, 0) is 49.9 Å². The number of anilines is 1. The van der Waals surface area contributed by atoms with Gasteiger partial charge in [0.05, 0.1) is 11.0 Å². The first-order chi connectivity index (χ1) is 17.7. The maximum Gasteiger partial charge on any atom is 0.244 e. The van der Waals surface area contributed by atoms with Crippen LogP contribution in [0.3, 0.4) is 0 Å². The van der Waals surface area contributed by atoms with Crippen LogP contribution in [0, 0.1) is 18.3 Å². The molecule has 10 heteroatoms. The fourth-order valence-electron chi connectivity index (χ4n) is 5.43. The van der Waals surface area contributed by atoms with Crippen molar-refractivity contribution < 1.29 is 13.2 Å². The van der Waals surface area contributed by atoms with Crippen LogP contribution in [0.15, 0.2) is 53.4 Å². The fourth-order valence-corrected chi connectivity index (χ4v) is 8.06. The molecule has 2 aromatic carbocycles. The average Bonchev–Trinajstić information content (AvgIpc) is 3.40. The minimum atomic E-state index is -3.83. The summed E-state index contributed by atoms with van der Waals surface area (Å²) >= 11 is 1.33. The molecule has 192 valence electrons. The summed E-state index contributed by atoms with van der Waals surface area (Å²) in [6, 6.07) is 16.8. The van der Waals surface area contributed by atoms with E-state index in [4.69, 9.17) is 9.36 Å². The number of benzene rings is 2. The lowest BCUT2D eigenvalue weighted by atomic mass is 9.68. The third kappa shape index (κ3) is 4.67. The zero-order chi connectivity index (χ0) is 26.2. The maximum atomic E-state index is 13.5. The van der Waals surface area contributed by atoms with Crippen molar-refractivity contribution in [1.82, 2.24) is 13.7 Å². The topological polar surface area (TPSA) is 107 Å². The Hall–Kier alpha value is -3.13. The maximum absolute atomic E-state index is 13.5. The number of rotatable bonds is 5. The number of sulfonamides is 1. The monoisotopic (exact) mass is 535 g/mol. The van der Waals surface area contributed by atoms with E-state index in [1.807, 2.05) is 38.1 Å². The van der Waals surface area contributed by atoms with Crippen LogP contribution in [0.2, 0.25) is 0 Å². The standard InChI is InChI=1S/C27H29N5O3S2/c1-19-8-9-21(17-28)24(16-19)37(34,35)32-15-14-31(18-20(32)2)26-29-25(30-36-26)27(12-10-23(33)11-13-27)22-6-4-3-5-7-22/h3-9,16,20H,10-15,18H2,1-2H3. The minimum Gasteiger partial charge on any atom is -0.344 e. The molecule has 2 aliphatic rings. The van der Waals surface area contributed by atoms with Crippen molar-refractivity contribution in [3.05, 3.63) is 71.0 Å². The van der Waals surface area contributed by atoms with Gasteiger partial charge in [-0.25, -0.2) is 13.4 Å². The van der Waals surface area contributed by atoms with Gasteiger partial charge in [-0.2, -0.15) is 13.9 Å². The van der Waals surface area contributed by atoms with Gasteiger partial charge in [0, 0.05) is 50.1 Å². The van der Waals surface area contributed by atoms with Crippen LogP contribution in [0.5, 0.6) is 0 Å². The van der Waals surface area contributed by atoms with Crippen molar-refractivity contribution in [3.63, 3.8) is 0 Å². The third-order valence-electron chi connectivity index (χ3n) is 7.51. The second-order valence-corrected chi connectivity index (χ2v) is 12.5. The molecule has 0 radical (unpaired) electrons. The van der Waals surface area contributed by atoms with Crippen molar-refractivity contribution in [2.75, 3.05) is 24.5 Å². The molecule has 0 amide bonds. The van der Waals surface area contributed by atoms with E-state index >= 15 is 0 Å². The molecule has 8 nitrogen and oxygen atoms in total. The number of ketones is 1. The van der Waals surface area contributed by atoms with Crippen LogP contribution in [-0.4, -0.2) is 53.5 Å². The fraction of sp³-hybridized carbons (Fsp3) is 0.407. The molecule has 1 aromatic heterocycles. The summed E-state index contributed by atoms with van der Waals surface area (Å²) in [4.78, 5) is 19.2. The van der Waals surface area contributed by atoms with Crippen molar-refractivity contribution in [3.8, 4) is 6.07 Å². The Kier molecular flexibility index (Phi) is 6.88. The summed E-state index contributed by atoms with van der Waals surface area (Å²) in [5.74, 6) is 1.02. The van der Waals surface area contributed by atoms with Gasteiger partial charge in [-0.15, -0.1) is 0 Å². The molecule has 2 fully saturated rings. The van der Waals surface area contributed by atoms with Crippen LogP contribution < -0.4 is 4.90 Å². The number of carbonyl (C=O) groups is 1. The van der Waals surface area contributed by atoms with Crippen LogP contribution in [0.25, 0.3) is 0 Å². The number of nitriles is 1. The third-order valence-corrected chi connectivity index (χ3v) is 10.3. The zero-order valence-electron chi connectivity index (χ0n) is 20.9. The Bertz CT molecular complexity index is 1450. The lowest BCUT2D eigenvalue weighted by molar-refractivity contribution is -0.121. The predicted molar refractivity (Wildman–Crippen MR) is 142 cm³/mol. The lowest BCUT2D eigenvalue weighted by Crippen LogP contribution is -2.54. The molecule has 1 saturated heterocycles. The number of nitrogens with zero attached hydrogens (tertiary/aromatic N) is 5. The van der Waals surface area contributed by atoms with E-state index in [1.165, 1.54) is 15.8 Å². The molecule has 5 rings (SSSR count). The molecule has 1 atom stereocenters. The largest absolute Gasteiger partial charge is 0.344 e. The molecule has 0 N–H and O–H groups in total. The lowest BCUT2D eigenvalue weighted by Gasteiger charge is -2.39. The number of aromatic nitrogens is 2. The quantitative estimate of drug-likeness (QED) is 0.485. The molecule has 3 aromatic rings. The van der Waals surface area contributed by atoms with E-state index in [0.29, 0.717) is 38.8 Å². The molecule has 1 aliphatic carbocycles. The van der Waals surface area contributed by atoms with Gasteiger partial charge in [-0.3, -0.25) is 4.79 Å². The van der Waals surface area contributed by atoms with Gasteiger partial charge < -0.3 is 4.90 Å². The molecule has 37 heavy (non-hydrogen) atoms. The zero-order valence-corrected chi connectivity index (χ0v) is 22.6. The SMILES string of the molecule is Cc1ccc(C#N)c(S(=O)(=O)N2CCN(c3nc(C4(c5ccccc5)CCC(=O)CC4)ns3)CC2C)c1. The Morgan fingerprint density at radius 3 is 2.51 bits per heavy atom. The molecule has 2 heterocycles. The summed E-state index contributed by atoms with van der Waals surface area (Å²) in [5, 5.41) is 10.2. The molecular formula is C27H29N5O3S2. The van der Waals surface area contributed by atoms with Crippen LogP contribution >= 0.6 is 11.5 Å². The first-order valence-electron chi connectivity index (χ1n) is 12.4. The van der Waals surface area contributed by atoms with Crippen LogP contribution in [-0.2, 0) is 20.2 Å². The van der Waals surface area contributed by atoms with Crippen molar-refractivity contribution >= 4 is 32.5 Å². The first kappa shape index (κ1) is 25.5. The summed E-state index contributed by atoms with van der Waals surface area (Å²) in [7, 11) is -3.83. The van der Waals surface area contributed by atoms with E-state index in [2.05, 4.69) is 17.0 Å². The van der Waals surface area contributed by atoms with Gasteiger partial charge in [0.1, 0.15) is 16.7 Å². The predicted octanol–water partition coefficient (Wildman–Crippen LogP) is 4.05. The van der Waals surface area contributed by atoms with Gasteiger partial charge in [0.25, 0.3) is 0 Å². The molecule has 1 saturated carbocycles. The highest BCUT2D eigenvalue weighted by molar-refractivity contribution is 7.89. The smallest absolute Gasteiger partial charge is 0.244 e. The Balaban J connectivity index is 1.39. The van der Waals surface area contributed by atoms with Gasteiger partial charge in [-0.1, -0.05) is 36.4 Å². The first-order valence-corrected chi connectivity index (χ1v) is 14.6. The van der Waals surface area contributed by atoms with Crippen molar-refractivity contribution in [2.45, 2.75) is 55.9 Å². The summed E-state index contributed by atoms with van der Waals surface area (Å²) in [5.41, 5.74) is 1.69. The molecule has 1 aliphatic heterocycles. The number of Topliss-reactive ketones (excluding diaryl/α,β-unsaturated/α-hetero) is 1. The van der Waals surface area contributed by atoms with E-state index in [9.17, 15) is 18.5 Å². The number of hydrogen-bond acceptors (Lipinski definition) is 8. The normalized spacial score (nSPS) is 20.5. The number of hydrogen-bond donors (Lipinski definition) is 0. The van der Waals surface area contributed by atoms with E-state index in [0.717, 1.165) is 22.1 Å². The Morgan fingerprint density at radius 2 is 1.84 bits per heavy atom. The van der Waals surface area contributed by atoms with Gasteiger partial charge in [0.2, 0.25) is 15.2 Å². The van der Waals surface area contributed by atoms with Crippen molar-refractivity contribution in [1.29, 1.82) is 5.26 Å². The van der Waals surface area contributed by atoms with Crippen LogP contribution in [0.4, 0.5) is 5.13 Å². The summed E-state index contributed by atoms with van der Waals surface area (Å²) in [6.07, 6.45) is 2.40. The highest BCUT2D eigenvalue weighted by atomic mass is 32.2. The number of aryl methyl sites for hydroxylation is 1. The van der Waals surface area contributed by atoms with E-state index in [1.54, 1.807) is 18.2 Å². The molecule has 0 bridgehead atoms. The molecule has 0 spiro atoms. The van der Waals surface area contributed by atoms with E-state index < -0.39 is 10.0 Å². The summed E-state index contributed by atoms with van der Waals surface area (Å²) in [6.45, 7) is 4.93. The molecular weight excluding hydrogens is 506 g/mol. The number of piperazine rings is 1.